The van der Waals surface area contributed by atoms with Gasteiger partial charge in [-0.2, -0.15) is 9.57 Å². The van der Waals surface area contributed by atoms with Crippen LogP contribution in [0.5, 0.6) is 0 Å². The number of thioether (sulfide) groups is 1. The van der Waals surface area contributed by atoms with Gasteiger partial charge >= 0.3 is 0 Å². The fraction of sp³-hybridized carbons (Fsp3) is 0.292. The fourth-order valence-electron chi connectivity index (χ4n) is 3.68. The maximum Gasteiger partial charge on any atom is 0.243 e. The minimum atomic E-state index is -3.64. The first kappa shape index (κ1) is 24.2. The number of morpholine rings is 1. The summed E-state index contributed by atoms with van der Waals surface area (Å²) in [7, 11) is -3.64. The van der Waals surface area contributed by atoms with Crippen LogP contribution in [0.15, 0.2) is 77.3 Å². The molecule has 1 aromatic heterocycles. The molecule has 1 fully saturated rings. The quantitative estimate of drug-likeness (QED) is 0.331. The number of nitriles is 1. The Hall–Kier alpha value is -2.97. The van der Waals surface area contributed by atoms with Crippen molar-refractivity contribution in [2.24, 2.45) is 0 Å². The normalized spacial score (nSPS) is 15.5. The van der Waals surface area contributed by atoms with Gasteiger partial charge in [-0.3, -0.25) is 4.57 Å². The summed E-state index contributed by atoms with van der Waals surface area (Å²) in [5.41, 5.74) is 1.70. The van der Waals surface area contributed by atoms with Crippen molar-refractivity contribution in [1.29, 1.82) is 5.26 Å². The number of hydrogen-bond acceptors (Lipinski definition) is 7. The zero-order chi connectivity index (χ0) is 24.0. The number of nitrogens with zero attached hydrogens (tertiary/aromatic N) is 5. The molecule has 1 atom stereocenters. The monoisotopic (exact) mass is 495 g/mol. The lowest BCUT2D eigenvalue weighted by atomic mass is 10.1. The van der Waals surface area contributed by atoms with E-state index in [4.69, 9.17) is 4.74 Å². The highest BCUT2D eigenvalue weighted by atomic mass is 32.2. The molecule has 4 rings (SSSR count). The molecule has 3 aromatic rings. The van der Waals surface area contributed by atoms with Crippen molar-refractivity contribution in [3.05, 3.63) is 72.8 Å². The Morgan fingerprint density at radius 3 is 2.62 bits per heavy atom. The van der Waals surface area contributed by atoms with E-state index in [1.54, 1.807) is 24.3 Å². The minimum Gasteiger partial charge on any atom is -0.379 e. The van der Waals surface area contributed by atoms with Gasteiger partial charge in [-0.1, -0.05) is 60.3 Å². The van der Waals surface area contributed by atoms with E-state index in [1.807, 2.05) is 41.0 Å². The van der Waals surface area contributed by atoms with Gasteiger partial charge in [0.05, 0.1) is 24.2 Å². The zero-order valence-electron chi connectivity index (χ0n) is 18.6. The van der Waals surface area contributed by atoms with Gasteiger partial charge in [-0.05, 0) is 24.1 Å². The molecule has 0 aliphatic carbocycles. The first-order chi connectivity index (χ1) is 16.5. The SMILES string of the molecule is C=CCn1c(SC(C#N)Cc2ccccc2)nnc1-c1cccc(S(=O)(=O)N2CCOCC2)c1. The van der Waals surface area contributed by atoms with Crippen molar-refractivity contribution in [3.63, 3.8) is 0 Å². The van der Waals surface area contributed by atoms with Gasteiger partial charge in [0, 0.05) is 25.2 Å². The summed E-state index contributed by atoms with van der Waals surface area (Å²) in [5.74, 6) is 0.526. The van der Waals surface area contributed by atoms with Crippen LogP contribution < -0.4 is 0 Å². The van der Waals surface area contributed by atoms with E-state index in [9.17, 15) is 13.7 Å². The fourth-order valence-corrected chi connectivity index (χ4v) is 6.10. The van der Waals surface area contributed by atoms with Crippen molar-refractivity contribution < 1.29 is 13.2 Å². The average Bonchev–Trinajstić information content (AvgIpc) is 3.27. The molecule has 0 spiro atoms. The topological polar surface area (TPSA) is 101 Å². The highest BCUT2D eigenvalue weighted by Gasteiger charge is 2.27. The average molecular weight is 496 g/mol. The number of hydrogen-bond donors (Lipinski definition) is 0. The van der Waals surface area contributed by atoms with E-state index in [0.717, 1.165) is 5.56 Å². The third kappa shape index (κ3) is 5.39. The molecule has 34 heavy (non-hydrogen) atoms. The molecule has 0 radical (unpaired) electrons. The lowest BCUT2D eigenvalue weighted by Crippen LogP contribution is -2.40. The molecule has 0 N–H and O–H groups in total. The summed E-state index contributed by atoms with van der Waals surface area (Å²) >= 11 is 1.34. The standard InChI is InChI=1S/C24H25N5O3S2/c1-2-11-29-23(26-27-24(29)33-21(18-25)16-19-7-4-3-5-8-19)20-9-6-10-22(17-20)34(30,31)28-12-14-32-15-13-28/h2-10,17,21H,1,11-16H2. The summed E-state index contributed by atoms with van der Waals surface area (Å²) < 4.78 is 34.8. The number of aromatic nitrogens is 3. The van der Waals surface area contributed by atoms with Crippen LogP contribution in [0.2, 0.25) is 0 Å². The van der Waals surface area contributed by atoms with Crippen LogP contribution in [0.25, 0.3) is 11.4 Å². The van der Waals surface area contributed by atoms with Gasteiger partial charge in [-0.15, -0.1) is 16.8 Å². The van der Waals surface area contributed by atoms with Crippen LogP contribution >= 0.6 is 11.8 Å². The second kappa shape index (κ2) is 11.0. The maximum absolute atomic E-state index is 13.1. The van der Waals surface area contributed by atoms with Crippen LogP contribution in [0, 0.1) is 11.3 Å². The largest absolute Gasteiger partial charge is 0.379 e. The third-order valence-electron chi connectivity index (χ3n) is 5.38. The summed E-state index contributed by atoms with van der Waals surface area (Å²) in [6.07, 6.45) is 2.30. The smallest absolute Gasteiger partial charge is 0.243 e. The molecule has 10 heteroatoms. The molecule has 1 unspecified atom stereocenters. The van der Waals surface area contributed by atoms with E-state index in [2.05, 4.69) is 22.8 Å². The Morgan fingerprint density at radius 2 is 1.91 bits per heavy atom. The minimum absolute atomic E-state index is 0.202. The second-order valence-electron chi connectivity index (χ2n) is 7.68. The van der Waals surface area contributed by atoms with Crippen LogP contribution in [-0.2, 0) is 27.7 Å². The molecule has 2 aromatic carbocycles. The van der Waals surface area contributed by atoms with Crippen LogP contribution in [0.3, 0.4) is 0 Å². The van der Waals surface area contributed by atoms with Crippen molar-refractivity contribution in [1.82, 2.24) is 19.1 Å². The summed E-state index contributed by atoms with van der Waals surface area (Å²) in [4.78, 5) is 0.202. The molecule has 1 saturated heterocycles. The van der Waals surface area contributed by atoms with Crippen molar-refractivity contribution in [2.45, 2.75) is 28.3 Å². The Kier molecular flexibility index (Phi) is 7.80. The molecular formula is C24H25N5O3S2. The molecule has 176 valence electrons. The van der Waals surface area contributed by atoms with E-state index in [0.29, 0.717) is 55.8 Å². The highest BCUT2D eigenvalue weighted by molar-refractivity contribution is 8.00. The lowest BCUT2D eigenvalue weighted by Gasteiger charge is -2.26. The van der Waals surface area contributed by atoms with E-state index < -0.39 is 10.0 Å². The maximum atomic E-state index is 13.1. The van der Waals surface area contributed by atoms with Crippen LogP contribution in [0.1, 0.15) is 5.56 Å². The zero-order valence-corrected chi connectivity index (χ0v) is 20.2. The predicted molar refractivity (Wildman–Crippen MR) is 131 cm³/mol. The molecule has 2 heterocycles. The number of allylic oxidation sites excluding steroid dienone is 1. The number of benzene rings is 2. The first-order valence-electron chi connectivity index (χ1n) is 10.9. The Balaban J connectivity index is 1.62. The molecule has 8 nitrogen and oxygen atoms in total. The predicted octanol–water partition coefficient (Wildman–Crippen LogP) is 3.38. The summed E-state index contributed by atoms with van der Waals surface area (Å²) in [5, 5.41) is 18.6. The van der Waals surface area contributed by atoms with Gasteiger partial charge in [-0.25, -0.2) is 8.42 Å². The van der Waals surface area contributed by atoms with Crippen LogP contribution in [0.4, 0.5) is 0 Å². The second-order valence-corrected chi connectivity index (χ2v) is 10.8. The number of sulfonamides is 1. The molecule has 0 bridgehead atoms. The molecule has 1 aliphatic rings. The highest BCUT2D eigenvalue weighted by Crippen LogP contribution is 2.30. The molecular weight excluding hydrogens is 470 g/mol. The van der Waals surface area contributed by atoms with Gasteiger partial charge in [0.1, 0.15) is 5.25 Å². The van der Waals surface area contributed by atoms with Gasteiger partial charge in [0.25, 0.3) is 0 Å². The Morgan fingerprint density at radius 1 is 1.15 bits per heavy atom. The lowest BCUT2D eigenvalue weighted by molar-refractivity contribution is 0.0730. The number of ether oxygens (including phenoxy) is 1. The first-order valence-corrected chi connectivity index (χ1v) is 13.2. The van der Waals surface area contributed by atoms with Gasteiger partial charge in [0.15, 0.2) is 11.0 Å². The molecule has 0 saturated carbocycles. The molecule has 1 aliphatic heterocycles. The van der Waals surface area contributed by atoms with E-state index in [-0.39, 0.29) is 10.1 Å². The third-order valence-corrected chi connectivity index (χ3v) is 8.35. The Labute approximate surface area is 203 Å². The number of rotatable bonds is 9. The van der Waals surface area contributed by atoms with E-state index >= 15 is 0 Å². The van der Waals surface area contributed by atoms with Crippen molar-refractivity contribution in [2.75, 3.05) is 26.3 Å². The van der Waals surface area contributed by atoms with E-state index in [1.165, 1.54) is 16.1 Å². The van der Waals surface area contributed by atoms with Gasteiger partial charge < -0.3 is 4.74 Å². The molecule has 0 amide bonds. The summed E-state index contributed by atoms with van der Waals surface area (Å²) in [6, 6.07) is 18.9. The van der Waals surface area contributed by atoms with Gasteiger partial charge in [0.2, 0.25) is 10.0 Å². The van der Waals surface area contributed by atoms with Crippen LogP contribution in [-0.4, -0.2) is 59.0 Å². The Bertz CT molecular complexity index is 1280. The van der Waals surface area contributed by atoms with Crippen molar-refractivity contribution in [3.8, 4) is 17.5 Å². The van der Waals surface area contributed by atoms with Crippen molar-refractivity contribution >= 4 is 21.8 Å². The summed E-state index contributed by atoms with van der Waals surface area (Å²) in [6.45, 7) is 5.69.